The summed E-state index contributed by atoms with van der Waals surface area (Å²) >= 11 is 0. The Morgan fingerprint density at radius 3 is 2.42 bits per heavy atom. The molecule has 33 heavy (non-hydrogen) atoms. The maximum absolute atomic E-state index is 5.49. The molecule has 2 aliphatic rings. The van der Waals surface area contributed by atoms with Gasteiger partial charge in [0.1, 0.15) is 0 Å². The van der Waals surface area contributed by atoms with Crippen molar-refractivity contribution in [2.45, 2.75) is 33.0 Å². The van der Waals surface area contributed by atoms with Gasteiger partial charge < -0.3 is 15.4 Å². The Bertz CT molecular complexity index is 884. The normalized spacial score (nSPS) is 17.2. The van der Waals surface area contributed by atoms with Crippen LogP contribution in [-0.2, 0) is 30.8 Å². The van der Waals surface area contributed by atoms with E-state index in [9.17, 15) is 0 Å². The average molecular weight is 564 g/mol. The molecule has 2 heterocycles. The Labute approximate surface area is 215 Å². The SMILES string of the molecule is CCNC(=NCc1ccccc1CN1CCOCC1)NCCN1CCc2ccccc2C1.I. The predicted octanol–water partition coefficient (Wildman–Crippen LogP) is 3.25. The molecule has 4 rings (SSSR count). The van der Waals surface area contributed by atoms with Gasteiger partial charge in [-0.15, -0.1) is 24.0 Å². The van der Waals surface area contributed by atoms with Crippen LogP contribution in [0.1, 0.15) is 29.2 Å². The number of morpholine rings is 1. The first-order valence-corrected chi connectivity index (χ1v) is 12.0. The molecule has 2 N–H and O–H groups in total. The zero-order valence-electron chi connectivity index (χ0n) is 19.8. The molecule has 0 spiro atoms. The molecule has 0 aromatic heterocycles. The second-order valence-electron chi connectivity index (χ2n) is 8.57. The summed E-state index contributed by atoms with van der Waals surface area (Å²) in [5, 5.41) is 6.93. The number of nitrogens with zero attached hydrogens (tertiary/aromatic N) is 3. The topological polar surface area (TPSA) is 52.1 Å². The summed E-state index contributed by atoms with van der Waals surface area (Å²) in [7, 11) is 0. The van der Waals surface area contributed by atoms with E-state index < -0.39 is 0 Å². The van der Waals surface area contributed by atoms with Crippen LogP contribution in [0.25, 0.3) is 0 Å². The van der Waals surface area contributed by atoms with Gasteiger partial charge in [0, 0.05) is 52.4 Å². The monoisotopic (exact) mass is 563 g/mol. The molecule has 0 saturated carbocycles. The Morgan fingerprint density at radius 2 is 1.64 bits per heavy atom. The number of ether oxygens (including phenoxy) is 1. The number of guanidine groups is 1. The molecule has 0 amide bonds. The van der Waals surface area contributed by atoms with E-state index in [-0.39, 0.29) is 24.0 Å². The highest BCUT2D eigenvalue weighted by Crippen LogP contribution is 2.18. The minimum Gasteiger partial charge on any atom is -0.379 e. The summed E-state index contributed by atoms with van der Waals surface area (Å²) in [4.78, 5) is 9.88. The summed E-state index contributed by atoms with van der Waals surface area (Å²) < 4.78 is 5.49. The van der Waals surface area contributed by atoms with Gasteiger partial charge in [0.05, 0.1) is 19.8 Å². The standard InChI is InChI=1S/C26H37N5O.HI/c1-2-27-26(28-12-14-30-13-11-22-7-3-5-9-24(22)20-30)29-19-23-8-4-6-10-25(23)21-31-15-17-32-18-16-31;/h3-10H,2,11-21H2,1H3,(H2,27,28,29);1H. The predicted molar refractivity (Wildman–Crippen MR) is 146 cm³/mol. The van der Waals surface area contributed by atoms with Gasteiger partial charge in [0.2, 0.25) is 0 Å². The number of halogens is 1. The first-order chi connectivity index (χ1) is 15.8. The van der Waals surface area contributed by atoms with Crippen LogP contribution in [0.5, 0.6) is 0 Å². The minimum absolute atomic E-state index is 0. The van der Waals surface area contributed by atoms with Crippen molar-refractivity contribution in [3.63, 3.8) is 0 Å². The Hall–Kier alpha value is -1.68. The number of nitrogens with one attached hydrogen (secondary N) is 2. The van der Waals surface area contributed by atoms with E-state index in [1.54, 1.807) is 0 Å². The molecule has 0 unspecified atom stereocenters. The van der Waals surface area contributed by atoms with Crippen molar-refractivity contribution in [3.05, 3.63) is 70.8 Å². The van der Waals surface area contributed by atoms with Crippen molar-refractivity contribution >= 4 is 29.9 Å². The van der Waals surface area contributed by atoms with Gasteiger partial charge in [0.15, 0.2) is 5.96 Å². The molecule has 0 aliphatic carbocycles. The van der Waals surface area contributed by atoms with Gasteiger partial charge in [-0.2, -0.15) is 0 Å². The maximum Gasteiger partial charge on any atom is 0.191 e. The molecular weight excluding hydrogens is 525 g/mol. The molecule has 0 bridgehead atoms. The van der Waals surface area contributed by atoms with Crippen LogP contribution in [0.3, 0.4) is 0 Å². The Balaban J connectivity index is 0.00000306. The smallest absolute Gasteiger partial charge is 0.191 e. The number of benzene rings is 2. The van der Waals surface area contributed by atoms with Crippen molar-refractivity contribution < 1.29 is 4.74 Å². The zero-order valence-corrected chi connectivity index (χ0v) is 22.1. The third-order valence-electron chi connectivity index (χ3n) is 6.30. The van der Waals surface area contributed by atoms with Gasteiger partial charge in [-0.25, -0.2) is 4.99 Å². The van der Waals surface area contributed by atoms with Gasteiger partial charge >= 0.3 is 0 Å². The van der Waals surface area contributed by atoms with Gasteiger partial charge in [0.25, 0.3) is 0 Å². The average Bonchev–Trinajstić information content (AvgIpc) is 2.84. The Kier molecular flexibility index (Phi) is 10.9. The van der Waals surface area contributed by atoms with E-state index in [0.29, 0.717) is 6.54 Å². The quantitative estimate of drug-likeness (QED) is 0.294. The molecule has 1 saturated heterocycles. The molecule has 7 heteroatoms. The number of rotatable bonds is 8. The number of aliphatic imine (C=N–C) groups is 1. The van der Waals surface area contributed by atoms with E-state index in [2.05, 4.69) is 75.9 Å². The highest BCUT2D eigenvalue weighted by Gasteiger charge is 2.15. The molecule has 180 valence electrons. The maximum atomic E-state index is 5.49. The lowest BCUT2D eigenvalue weighted by molar-refractivity contribution is 0.0341. The van der Waals surface area contributed by atoms with Crippen LogP contribution in [0.15, 0.2) is 53.5 Å². The van der Waals surface area contributed by atoms with E-state index >= 15 is 0 Å². The first-order valence-electron chi connectivity index (χ1n) is 12.0. The third kappa shape index (κ3) is 7.95. The zero-order chi connectivity index (χ0) is 22.0. The van der Waals surface area contributed by atoms with Crippen LogP contribution in [-0.4, -0.2) is 68.2 Å². The molecule has 0 radical (unpaired) electrons. The molecule has 0 atom stereocenters. The van der Waals surface area contributed by atoms with E-state index in [1.165, 1.54) is 22.3 Å². The van der Waals surface area contributed by atoms with Crippen molar-refractivity contribution in [1.29, 1.82) is 0 Å². The van der Waals surface area contributed by atoms with Crippen molar-refractivity contribution in [3.8, 4) is 0 Å². The van der Waals surface area contributed by atoms with E-state index in [1.807, 2.05) is 0 Å². The summed E-state index contributed by atoms with van der Waals surface area (Å²) in [5.41, 5.74) is 5.63. The van der Waals surface area contributed by atoms with Gasteiger partial charge in [-0.05, 0) is 35.6 Å². The van der Waals surface area contributed by atoms with Crippen molar-refractivity contribution in [2.24, 2.45) is 4.99 Å². The second kappa shape index (κ2) is 13.9. The molecule has 2 aromatic carbocycles. The molecule has 2 aliphatic heterocycles. The fraction of sp³-hybridized carbons (Fsp3) is 0.500. The lowest BCUT2D eigenvalue weighted by atomic mass is 10.00. The summed E-state index contributed by atoms with van der Waals surface area (Å²) in [6.07, 6.45) is 1.14. The lowest BCUT2D eigenvalue weighted by Gasteiger charge is -2.29. The summed E-state index contributed by atoms with van der Waals surface area (Å²) in [5.74, 6) is 0.895. The van der Waals surface area contributed by atoms with Crippen LogP contribution in [0.2, 0.25) is 0 Å². The lowest BCUT2D eigenvalue weighted by Crippen LogP contribution is -2.42. The van der Waals surface area contributed by atoms with E-state index in [4.69, 9.17) is 9.73 Å². The number of hydrogen-bond acceptors (Lipinski definition) is 4. The highest BCUT2D eigenvalue weighted by molar-refractivity contribution is 14.0. The van der Waals surface area contributed by atoms with Crippen LogP contribution < -0.4 is 10.6 Å². The molecule has 1 fully saturated rings. The van der Waals surface area contributed by atoms with Crippen LogP contribution >= 0.6 is 24.0 Å². The highest BCUT2D eigenvalue weighted by atomic mass is 127. The van der Waals surface area contributed by atoms with Crippen molar-refractivity contribution in [1.82, 2.24) is 20.4 Å². The van der Waals surface area contributed by atoms with Crippen LogP contribution in [0, 0.1) is 0 Å². The first kappa shape index (κ1) is 25.9. The summed E-state index contributed by atoms with van der Waals surface area (Å²) in [6.45, 7) is 12.4. The number of hydrogen-bond donors (Lipinski definition) is 2. The second-order valence-corrected chi connectivity index (χ2v) is 8.57. The van der Waals surface area contributed by atoms with E-state index in [0.717, 1.165) is 78.0 Å². The largest absolute Gasteiger partial charge is 0.379 e. The van der Waals surface area contributed by atoms with Gasteiger partial charge in [-0.3, -0.25) is 9.80 Å². The molecule has 2 aromatic rings. The Morgan fingerprint density at radius 1 is 0.909 bits per heavy atom. The number of fused-ring (bicyclic) bond motifs is 1. The summed E-state index contributed by atoms with van der Waals surface area (Å²) in [6, 6.07) is 17.5. The molecule has 6 nitrogen and oxygen atoms in total. The third-order valence-corrected chi connectivity index (χ3v) is 6.30. The minimum atomic E-state index is 0. The fourth-order valence-electron chi connectivity index (χ4n) is 4.45. The van der Waals surface area contributed by atoms with Gasteiger partial charge in [-0.1, -0.05) is 48.5 Å². The fourth-order valence-corrected chi connectivity index (χ4v) is 4.45. The molecular formula is C26H38IN5O. The van der Waals surface area contributed by atoms with Crippen LogP contribution in [0.4, 0.5) is 0 Å². The van der Waals surface area contributed by atoms with Crippen molar-refractivity contribution in [2.75, 3.05) is 52.5 Å².